The third kappa shape index (κ3) is 6.04. The molecule has 4 aliphatic rings. The van der Waals surface area contributed by atoms with Gasteiger partial charge in [-0.05, 0) is 70.6 Å². The van der Waals surface area contributed by atoms with Gasteiger partial charge in [-0.1, -0.05) is 6.58 Å². The highest BCUT2D eigenvalue weighted by Gasteiger charge is 2.61. The van der Waals surface area contributed by atoms with Gasteiger partial charge in [-0.2, -0.15) is 8.78 Å². The van der Waals surface area contributed by atoms with Crippen molar-refractivity contribution in [3.05, 3.63) is 12.2 Å². The fraction of sp³-hybridized carbons (Fsp3) is 0.826. The Balaban J connectivity index is 1.48. The molecule has 0 radical (unpaired) electrons. The Morgan fingerprint density at radius 3 is 2.26 bits per heavy atom. The lowest BCUT2D eigenvalue weighted by Crippen LogP contribution is -2.62. The summed E-state index contributed by atoms with van der Waals surface area (Å²) in [5, 5.41) is 0. The van der Waals surface area contributed by atoms with Crippen molar-refractivity contribution in [1.29, 1.82) is 0 Å². The lowest BCUT2D eigenvalue weighted by molar-refractivity contribution is -0.282. The van der Waals surface area contributed by atoms with Crippen molar-refractivity contribution in [1.82, 2.24) is 0 Å². The van der Waals surface area contributed by atoms with Gasteiger partial charge in [0, 0.05) is 25.5 Å². The van der Waals surface area contributed by atoms with Crippen molar-refractivity contribution < 1.29 is 37.3 Å². The number of esters is 2. The SMILES string of the molecule is C=C(C)C(=O)OCCCCOC(C)OC12CC3CC(CC(OC(=O)C(C)(F)F)(C3)C1)C2. The molecular weight excluding hydrogens is 410 g/mol. The third-order valence-electron chi connectivity index (χ3n) is 6.51. The second kappa shape index (κ2) is 9.14. The van der Waals surface area contributed by atoms with Crippen LogP contribution in [0.1, 0.15) is 72.1 Å². The first-order valence-corrected chi connectivity index (χ1v) is 11.2. The molecule has 0 spiro atoms. The minimum absolute atomic E-state index is 0.313. The molecule has 0 N–H and O–H groups in total. The van der Waals surface area contributed by atoms with Gasteiger partial charge in [0.05, 0.1) is 12.2 Å². The van der Waals surface area contributed by atoms with Gasteiger partial charge in [-0.15, -0.1) is 0 Å². The molecule has 0 amide bonds. The molecule has 6 nitrogen and oxygen atoms in total. The van der Waals surface area contributed by atoms with Crippen LogP contribution < -0.4 is 0 Å². The number of unbranched alkanes of at least 4 members (excludes halogenated alkanes) is 1. The smallest absolute Gasteiger partial charge is 0.377 e. The van der Waals surface area contributed by atoms with Crippen LogP contribution >= 0.6 is 0 Å². The maximum absolute atomic E-state index is 13.5. The van der Waals surface area contributed by atoms with Crippen molar-refractivity contribution in [3.8, 4) is 0 Å². The molecule has 3 unspecified atom stereocenters. The molecule has 4 fully saturated rings. The largest absolute Gasteiger partial charge is 0.462 e. The molecule has 0 aromatic heterocycles. The molecule has 4 bridgehead atoms. The first kappa shape index (κ1) is 24.1. The summed E-state index contributed by atoms with van der Waals surface area (Å²) < 4.78 is 49.5. The van der Waals surface area contributed by atoms with Gasteiger partial charge in [0.2, 0.25) is 0 Å². The number of carbonyl (C=O) groups excluding carboxylic acids is 2. The van der Waals surface area contributed by atoms with E-state index in [9.17, 15) is 18.4 Å². The van der Waals surface area contributed by atoms with E-state index in [1.807, 2.05) is 6.92 Å². The minimum atomic E-state index is -3.49. The van der Waals surface area contributed by atoms with Crippen molar-refractivity contribution in [2.45, 2.75) is 95.6 Å². The van der Waals surface area contributed by atoms with Crippen LogP contribution in [-0.2, 0) is 28.5 Å². The Kier molecular flexibility index (Phi) is 7.11. The van der Waals surface area contributed by atoms with E-state index >= 15 is 0 Å². The first-order chi connectivity index (χ1) is 14.4. The molecule has 8 heteroatoms. The fourth-order valence-corrected chi connectivity index (χ4v) is 5.77. The summed E-state index contributed by atoms with van der Waals surface area (Å²) in [4.78, 5) is 23.2. The standard InChI is InChI=1S/C23H34F2O6/c1-15(2)19(26)29-8-6-5-7-28-16(3)30-22-10-17-9-18(11-22)13-23(12-17,14-22)31-20(27)21(4,24)25/h16-18H,1,5-14H2,2-4H3. The van der Waals surface area contributed by atoms with Crippen LogP contribution in [0.4, 0.5) is 8.78 Å². The second-order valence-electron chi connectivity index (χ2n) is 9.78. The van der Waals surface area contributed by atoms with Crippen LogP contribution in [0.15, 0.2) is 12.2 Å². The number of rotatable bonds is 11. The van der Waals surface area contributed by atoms with E-state index < -0.39 is 35.4 Å². The number of halogens is 2. The van der Waals surface area contributed by atoms with Gasteiger partial charge in [-0.3, -0.25) is 0 Å². The molecule has 4 saturated carbocycles. The van der Waals surface area contributed by atoms with Crippen LogP contribution in [0.5, 0.6) is 0 Å². The fourth-order valence-electron chi connectivity index (χ4n) is 5.77. The molecule has 4 rings (SSSR count). The summed E-state index contributed by atoms with van der Waals surface area (Å²) in [6.07, 6.45) is 5.35. The molecule has 0 saturated heterocycles. The highest BCUT2D eigenvalue weighted by molar-refractivity contribution is 5.86. The zero-order valence-electron chi connectivity index (χ0n) is 18.7. The molecular formula is C23H34F2O6. The van der Waals surface area contributed by atoms with Crippen LogP contribution in [0.2, 0.25) is 0 Å². The minimum Gasteiger partial charge on any atom is -0.462 e. The highest BCUT2D eigenvalue weighted by atomic mass is 19.3. The van der Waals surface area contributed by atoms with Gasteiger partial charge >= 0.3 is 17.9 Å². The lowest BCUT2D eigenvalue weighted by Gasteiger charge is -2.61. The summed E-state index contributed by atoms with van der Waals surface area (Å²) in [5.74, 6) is -4.70. The summed E-state index contributed by atoms with van der Waals surface area (Å²) in [7, 11) is 0. The quantitative estimate of drug-likeness (QED) is 0.201. The average Bonchev–Trinajstić information content (AvgIpc) is 2.61. The Labute approximate surface area is 182 Å². The summed E-state index contributed by atoms with van der Waals surface area (Å²) in [6.45, 7) is 8.32. The predicted molar refractivity (Wildman–Crippen MR) is 108 cm³/mol. The van der Waals surface area contributed by atoms with Crippen LogP contribution in [0, 0.1) is 11.8 Å². The normalized spacial score (nSPS) is 32.5. The molecule has 176 valence electrons. The van der Waals surface area contributed by atoms with Gasteiger partial charge in [0.15, 0.2) is 6.29 Å². The van der Waals surface area contributed by atoms with E-state index in [0.717, 1.165) is 19.3 Å². The predicted octanol–water partition coefficient (Wildman–Crippen LogP) is 4.55. The highest BCUT2D eigenvalue weighted by Crippen LogP contribution is 2.60. The van der Waals surface area contributed by atoms with Crippen LogP contribution in [0.25, 0.3) is 0 Å². The van der Waals surface area contributed by atoms with Crippen LogP contribution in [-0.4, -0.2) is 48.6 Å². The maximum atomic E-state index is 13.5. The number of alkyl halides is 2. The number of ether oxygens (including phenoxy) is 4. The Bertz CT molecular complexity index is 687. The first-order valence-electron chi connectivity index (χ1n) is 11.2. The van der Waals surface area contributed by atoms with E-state index in [4.69, 9.17) is 18.9 Å². The van der Waals surface area contributed by atoms with Gasteiger partial charge in [0.25, 0.3) is 0 Å². The van der Waals surface area contributed by atoms with E-state index in [1.165, 1.54) is 0 Å². The van der Waals surface area contributed by atoms with E-state index in [0.29, 0.717) is 69.7 Å². The number of hydrogen-bond donors (Lipinski definition) is 0. The molecule has 0 aromatic rings. The van der Waals surface area contributed by atoms with E-state index in [-0.39, 0.29) is 0 Å². The van der Waals surface area contributed by atoms with Gasteiger partial charge in [-0.25, -0.2) is 9.59 Å². The van der Waals surface area contributed by atoms with Gasteiger partial charge < -0.3 is 18.9 Å². The third-order valence-corrected chi connectivity index (χ3v) is 6.51. The van der Waals surface area contributed by atoms with Crippen molar-refractivity contribution in [2.75, 3.05) is 13.2 Å². The summed E-state index contributed by atoms with van der Waals surface area (Å²) in [5.41, 5.74) is -0.975. The molecule has 4 aliphatic carbocycles. The topological polar surface area (TPSA) is 71.1 Å². The zero-order valence-corrected chi connectivity index (χ0v) is 18.7. The molecule has 0 aromatic carbocycles. The Hall–Kier alpha value is -1.54. The Morgan fingerprint density at radius 1 is 1.10 bits per heavy atom. The second-order valence-corrected chi connectivity index (χ2v) is 9.78. The zero-order chi connectivity index (χ0) is 22.9. The maximum Gasteiger partial charge on any atom is 0.377 e. The molecule has 3 atom stereocenters. The molecule has 0 aliphatic heterocycles. The summed E-state index contributed by atoms with van der Waals surface area (Å²) >= 11 is 0. The number of hydrogen-bond acceptors (Lipinski definition) is 6. The van der Waals surface area contributed by atoms with Gasteiger partial charge in [0.1, 0.15) is 5.60 Å². The average molecular weight is 445 g/mol. The van der Waals surface area contributed by atoms with E-state index in [2.05, 4.69) is 6.58 Å². The van der Waals surface area contributed by atoms with Crippen molar-refractivity contribution in [3.63, 3.8) is 0 Å². The molecule has 31 heavy (non-hydrogen) atoms. The van der Waals surface area contributed by atoms with Crippen LogP contribution in [0.3, 0.4) is 0 Å². The lowest BCUT2D eigenvalue weighted by atomic mass is 9.52. The van der Waals surface area contributed by atoms with Crippen molar-refractivity contribution in [2.24, 2.45) is 11.8 Å². The number of carbonyl (C=O) groups is 2. The summed E-state index contributed by atoms with van der Waals surface area (Å²) in [6, 6.07) is 0. The van der Waals surface area contributed by atoms with E-state index in [1.54, 1.807) is 6.92 Å². The molecule has 0 heterocycles. The van der Waals surface area contributed by atoms with Crippen molar-refractivity contribution >= 4 is 11.9 Å². The Morgan fingerprint density at radius 2 is 1.68 bits per heavy atom. The monoisotopic (exact) mass is 444 g/mol.